The van der Waals surface area contributed by atoms with Gasteiger partial charge in [0.15, 0.2) is 0 Å². The Kier molecular flexibility index (Phi) is 6.25. The number of carboxylic acids is 1. The van der Waals surface area contributed by atoms with Gasteiger partial charge in [0.25, 0.3) is 0 Å². The number of rotatable bonds is 6. The fourth-order valence-corrected chi connectivity index (χ4v) is 6.02. The normalized spacial score (nSPS) is 11.3. The summed E-state index contributed by atoms with van der Waals surface area (Å²) < 4.78 is 13.1. The lowest BCUT2D eigenvalue weighted by Crippen LogP contribution is -2.08. The summed E-state index contributed by atoms with van der Waals surface area (Å²) in [7, 11) is 2.89. The summed E-state index contributed by atoms with van der Waals surface area (Å²) in [5.41, 5.74) is 6.25. The van der Waals surface area contributed by atoms with Gasteiger partial charge in [0, 0.05) is 38.8 Å². The molecule has 0 amide bonds. The second-order valence-electron chi connectivity index (χ2n) is 9.01. The van der Waals surface area contributed by atoms with Crippen molar-refractivity contribution in [1.29, 1.82) is 0 Å². The number of carbonyl (C=O) groups excluding carboxylic acids is 1. The van der Waals surface area contributed by atoms with Crippen molar-refractivity contribution >= 4 is 45.1 Å². The first-order valence-electron chi connectivity index (χ1n) is 11.9. The lowest BCUT2D eigenvalue weighted by Gasteiger charge is -2.16. The summed E-state index contributed by atoms with van der Waals surface area (Å²) in [6.45, 7) is 6.93. The zero-order valence-corrected chi connectivity index (χ0v) is 22.2. The quantitative estimate of drug-likeness (QED) is 0.241. The average molecular weight is 514 g/mol. The second kappa shape index (κ2) is 9.41. The van der Waals surface area contributed by atoms with Crippen molar-refractivity contribution in [3.05, 3.63) is 76.2 Å². The van der Waals surface area contributed by atoms with Crippen LogP contribution in [0.3, 0.4) is 0 Å². The molecule has 0 saturated heterocycles. The number of hydrogen-bond acceptors (Lipinski definition) is 5. The largest absolute Gasteiger partial charge is 0.496 e. The minimum absolute atomic E-state index is 0.0832. The molecule has 0 aliphatic heterocycles. The second-order valence-corrected chi connectivity index (χ2v) is 9.96. The number of carbonyl (C=O) groups is 2. The third-order valence-corrected chi connectivity index (χ3v) is 7.70. The number of aromatic nitrogens is 1. The maximum atomic E-state index is 13.1. The first kappa shape index (κ1) is 24.6. The lowest BCUT2D eigenvalue weighted by atomic mass is 9.91. The van der Waals surface area contributed by atoms with E-state index in [9.17, 15) is 14.7 Å². The summed E-state index contributed by atoms with van der Waals surface area (Å²) >= 11 is 1.50. The van der Waals surface area contributed by atoms with Crippen molar-refractivity contribution in [3.63, 3.8) is 0 Å². The van der Waals surface area contributed by atoms with Crippen LogP contribution in [0.4, 0.5) is 0 Å². The standard InChI is InChI=1S/C30H27NO5S/c1-6-31-25-14-18(19-15-26(35-4)24(13-22(19)29(32)33)27-8-7-9-37-27)23(30(34)36-5)12-20(25)21-11-16(2)10-17(3)28(21)31/h7-15H,6H2,1-5H3,(H,32,33). The van der Waals surface area contributed by atoms with Crippen molar-refractivity contribution in [1.82, 2.24) is 4.57 Å². The van der Waals surface area contributed by atoms with Gasteiger partial charge in [-0.2, -0.15) is 0 Å². The van der Waals surface area contributed by atoms with Gasteiger partial charge in [0.05, 0.1) is 30.9 Å². The van der Waals surface area contributed by atoms with Crippen LogP contribution in [-0.2, 0) is 11.3 Å². The van der Waals surface area contributed by atoms with Gasteiger partial charge >= 0.3 is 11.9 Å². The van der Waals surface area contributed by atoms with E-state index in [-0.39, 0.29) is 5.56 Å². The number of esters is 1. The van der Waals surface area contributed by atoms with Crippen LogP contribution in [0, 0.1) is 13.8 Å². The SMILES string of the molecule is CCn1c2cc(-c3cc(OC)c(-c4cccs4)cc3C(=O)O)c(C(=O)OC)cc2c2cc(C)cc(C)c21. The van der Waals surface area contributed by atoms with E-state index in [1.54, 1.807) is 19.2 Å². The van der Waals surface area contributed by atoms with E-state index in [4.69, 9.17) is 9.47 Å². The zero-order chi connectivity index (χ0) is 26.4. The molecule has 0 saturated carbocycles. The molecular formula is C30H27NO5S. The van der Waals surface area contributed by atoms with E-state index < -0.39 is 11.9 Å². The van der Waals surface area contributed by atoms with Crippen LogP contribution in [0.1, 0.15) is 38.8 Å². The van der Waals surface area contributed by atoms with Gasteiger partial charge in [0.1, 0.15) is 5.75 Å². The Morgan fingerprint density at radius 2 is 1.70 bits per heavy atom. The Labute approximate surface area is 218 Å². The molecule has 37 heavy (non-hydrogen) atoms. The summed E-state index contributed by atoms with van der Waals surface area (Å²) in [5.74, 6) is -1.09. The smallest absolute Gasteiger partial charge is 0.338 e. The van der Waals surface area contributed by atoms with E-state index in [0.717, 1.165) is 37.8 Å². The van der Waals surface area contributed by atoms with Crippen LogP contribution >= 0.6 is 11.3 Å². The summed E-state index contributed by atoms with van der Waals surface area (Å²) in [4.78, 5) is 26.5. The molecule has 2 heterocycles. The lowest BCUT2D eigenvalue weighted by molar-refractivity contribution is 0.0600. The Morgan fingerprint density at radius 1 is 0.946 bits per heavy atom. The molecule has 1 N–H and O–H groups in total. The molecule has 7 heteroatoms. The highest BCUT2D eigenvalue weighted by molar-refractivity contribution is 7.13. The molecule has 0 fully saturated rings. The summed E-state index contributed by atoms with van der Waals surface area (Å²) in [6, 6.07) is 15.2. The van der Waals surface area contributed by atoms with Crippen LogP contribution in [0.25, 0.3) is 43.4 Å². The number of fused-ring (bicyclic) bond motifs is 3. The highest BCUT2D eigenvalue weighted by Crippen LogP contribution is 2.42. The van der Waals surface area contributed by atoms with Crippen molar-refractivity contribution in [3.8, 4) is 27.3 Å². The molecule has 188 valence electrons. The molecule has 0 spiro atoms. The number of methoxy groups -OCH3 is 2. The Balaban J connectivity index is 1.91. The Bertz CT molecular complexity index is 1700. The number of aryl methyl sites for hydroxylation is 3. The number of aromatic carboxylic acids is 1. The van der Waals surface area contributed by atoms with Crippen molar-refractivity contribution in [2.24, 2.45) is 0 Å². The maximum Gasteiger partial charge on any atom is 0.338 e. The summed E-state index contributed by atoms with van der Waals surface area (Å²) in [5, 5.41) is 14.1. The first-order valence-corrected chi connectivity index (χ1v) is 12.8. The van der Waals surface area contributed by atoms with Gasteiger partial charge in [0.2, 0.25) is 0 Å². The highest BCUT2D eigenvalue weighted by Gasteiger charge is 2.25. The molecule has 5 rings (SSSR count). The number of thiophene rings is 1. The number of nitrogens with zero attached hydrogens (tertiary/aromatic N) is 1. The topological polar surface area (TPSA) is 77.8 Å². The monoisotopic (exact) mass is 513 g/mol. The van der Waals surface area contributed by atoms with Gasteiger partial charge in [-0.25, -0.2) is 9.59 Å². The van der Waals surface area contributed by atoms with E-state index >= 15 is 0 Å². The molecule has 0 radical (unpaired) electrons. The minimum atomic E-state index is -1.09. The highest BCUT2D eigenvalue weighted by atomic mass is 32.1. The van der Waals surface area contributed by atoms with Crippen LogP contribution < -0.4 is 4.74 Å². The number of ether oxygens (including phenoxy) is 2. The van der Waals surface area contributed by atoms with E-state index in [1.165, 1.54) is 18.4 Å². The first-order chi connectivity index (χ1) is 17.8. The Morgan fingerprint density at radius 3 is 2.32 bits per heavy atom. The van der Waals surface area contributed by atoms with Gasteiger partial charge in [-0.3, -0.25) is 0 Å². The maximum absolute atomic E-state index is 13.1. The fraction of sp³-hybridized carbons (Fsp3) is 0.200. The predicted molar refractivity (Wildman–Crippen MR) is 148 cm³/mol. The molecule has 0 bridgehead atoms. The van der Waals surface area contributed by atoms with Gasteiger partial charge in [-0.15, -0.1) is 11.3 Å². The number of hydrogen-bond donors (Lipinski definition) is 1. The Hall–Kier alpha value is -4.10. The van der Waals surface area contributed by atoms with Crippen molar-refractivity contribution < 1.29 is 24.2 Å². The third kappa shape index (κ3) is 3.96. The molecule has 3 aromatic carbocycles. The van der Waals surface area contributed by atoms with Gasteiger partial charge < -0.3 is 19.1 Å². The average Bonchev–Trinajstić information content (AvgIpc) is 3.53. The molecule has 2 aromatic heterocycles. The molecule has 0 aliphatic rings. The molecule has 0 unspecified atom stereocenters. The van der Waals surface area contributed by atoms with Crippen molar-refractivity contribution in [2.75, 3.05) is 14.2 Å². The van der Waals surface area contributed by atoms with Crippen molar-refractivity contribution in [2.45, 2.75) is 27.3 Å². The zero-order valence-electron chi connectivity index (χ0n) is 21.3. The molecule has 6 nitrogen and oxygen atoms in total. The molecule has 0 atom stereocenters. The van der Waals surface area contributed by atoms with E-state index in [2.05, 4.69) is 37.5 Å². The number of carboxylic acid groups (broad SMARTS) is 1. The van der Waals surface area contributed by atoms with Gasteiger partial charge in [-0.1, -0.05) is 17.7 Å². The summed E-state index contributed by atoms with van der Waals surface area (Å²) in [6.07, 6.45) is 0. The van der Waals surface area contributed by atoms with E-state index in [0.29, 0.717) is 34.5 Å². The van der Waals surface area contributed by atoms with Crippen LogP contribution in [0.5, 0.6) is 5.75 Å². The van der Waals surface area contributed by atoms with Crippen LogP contribution in [-0.4, -0.2) is 35.8 Å². The molecule has 5 aromatic rings. The van der Waals surface area contributed by atoms with Gasteiger partial charge in [-0.05, 0) is 73.7 Å². The predicted octanol–water partition coefficient (Wildman–Crippen LogP) is 7.32. The van der Waals surface area contributed by atoms with E-state index in [1.807, 2.05) is 29.6 Å². The van der Waals surface area contributed by atoms with Crippen LogP contribution in [0.2, 0.25) is 0 Å². The molecular weight excluding hydrogens is 486 g/mol. The fourth-order valence-electron chi connectivity index (χ4n) is 5.27. The molecule has 0 aliphatic carbocycles. The number of benzene rings is 3. The third-order valence-electron chi connectivity index (χ3n) is 6.80. The minimum Gasteiger partial charge on any atom is -0.496 e. The van der Waals surface area contributed by atoms with Crippen LogP contribution in [0.15, 0.2) is 53.9 Å².